The summed E-state index contributed by atoms with van der Waals surface area (Å²) >= 11 is 3.33. The number of esters is 1. The summed E-state index contributed by atoms with van der Waals surface area (Å²) in [4.78, 5) is 16.5. The number of rotatable bonds is 5. The maximum absolute atomic E-state index is 12.5. The van der Waals surface area contributed by atoms with Crippen molar-refractivity contribution in [3.63, 3.8) is 0 Å². The Labute approximate surface area is 165 Å². The minimum atomic E-state index is -0.402. The molecule has 0 aliphatic carbocycles. The zero-order chi connectivity index (χ0) is 18.0. The lowest BCUT2D eigenvalue weighted by atomic mass is 10.1. The number of nitrogens with zero attached hydrogens (tertiary/aromatic N) is 2. The molecular weight excluding hydrogens is 422 g/mol. The maximum atomic E-state index is 12.5. The molecular formula is C18H18BrClN3O3-. The first-order valence-corrected chi connectivity index (χ1v) is 8.63. The molecule has 2 heterocycles. The van der Waals surface area contributed by atoms with Crippen LogP contribution in [0.25, 0.3) is 10.9 Å². The van der Waals surface area contributed by atoms with Gasteiger partial charge in [0.05, 0.1) is 34.4 Å². The van der Waals surface area contributed by atoms with Gasteiger partial charge in [-0.2, -0.15) is 0 Å². The van der Waals surface area contributed by atoms with E-state index in [0.717, 1.165) is 16.9 Å². The molecule has 3 aromatic rings. The van der Waals surface area contributed by atoms with Crippen molar-refractivity contribution in [1.29, 1.82) is 0 Å². The number of phenols is 1. The molecule has 2 aromatic heterocycles. The molecule has 0 unspecified atom stereocenters. The van der Waals surface area contributed by atoms with Crippen molar-refractivity contribution < 1.29 is 27.0 Å². The standard InChI is InChI=1S/C18H18BrN3O3.ClH/c1-3-25-18(24)17-12-8-16(23)13(19)9-14(12)22(2)15(17)10-21-11-4-6-20-7-5-11;/h4-9,23H,3,10H2,1-2H3,(H,20,21);1H/p-1. The summed E-state index contributed by atoms with van der Waals surface area (Å²) in [6, 6.07) is 7.09. The van der Waals surface area contributed by atoms with Crippen molar-refractivity contribution in [1.82, 2.24) is 9.55 Å². The number of aryl methyl sites for hydroxylation is 1. The van der Waals surface area contributed by atoms with Crippen LogP contribution in [0.2, 0.25) is 0 Å². The Morgan fingerprint density at radius 1 is 1.35 bits per heavy atom. The third kappa shape index (κ3) is 3.78. The molecule has 0 radical (unpaired) electrons. The molecule has 0 spiro atoms. The molecule has 8 heteroatoms. The van der Waals surface area contributed by atoms with Crippen molar-refractivity contribution in [2.45, 2.75) is 13.5 Å². The highest BCUT2D eigenvalue weighted by atomic mass is 79.9. The predicted octanol–water partition coefficient (Wildman–Crippen LogP) is 0.834. The van der Waals surface area contributed by atoms with E-state index in [4.69, 9.17) is 4.74 Å². The Bertz CT molecular complexity index is 929. The summed E-state index contributed by atoms with van der Waals surface area (Å²) in [6.45, 7) is 2.49. The van der Waals surface area contributed by atoms with Gasteiger partial charge in [0.15, 0.2) is 0 Å². The molecule has 0 fully saturated rings. The third-order valence-corrected chi connectivity index (χ3v) is 4.64. The average Bonchev–Trinajstić information content (AvgIpc) is 2.86. The number of aromatic hydroxyl groups is 1. The van der Waals surface area contributed by atoms with Gasteiger partial charge in [-0.15, -0.1) is 0 Å². The SMILES string of the molecule is CCOC(=O)c1c(CNc2ccncc2)n(C)c2cc(Br)c(O)cc12.[Cl-]. The molecule has 2 N–H and O–H groups in total. The van der Waals surface area contributed by atoms with Crippen LogP contribution in [0.3, 0.4) is 0 Å². The van der Waals surface area contributed by atoms with E-state index >= 15 is 0 Å². The van der Waals surface area contributed by atoms with Gasteiger partial charge in [0.2, 0.25) is 0 Å². The first-order valence-electron chi connectivity index (χ1n) is 7.83. The van der Waals surface area contributed by atoms with Gasteiger partial charge in [0.1, 0.15) is 5.75 Å². The predicted molar refractivity (Wildman–Crippen MR) is 99.8 cm³/mol. The van der Waals surface area contributed by atoms with E-state index in [-0.39, 0.29) is 24.8 Å². The van der Waals surface area contributed by atoms with Gasteiger partial charge in [-0.25, -0.2) is 4.79 Å². The van der Waals surface area contributed by atoms with Crippen LogP contribution in [0, 0.1) is 0 Å². The van der Waals surface area contributed by atoms with E-state index in [9.17, 15) is 9.90 Å². The molecule has 138 valence electrons. The second kappa shape index (κ2) is 8.42. The van der Waals surface area contributed by atoms with Crippen LogP contribution in [0.15, 0.2) is 41.1 Å². The lowest BCUT2D eigenvalue weighted by Gasteiger charge is -2.10. The Hall–Kier alpha value is -2.25. The molecule has 0 amide bonds. The normalized spacial score (nSPS) is 10.4. The number of aromatic nitrogens is 2. The number of hydrogen-bond donors (Lipinski definition) is 2. The number of nitrogens with one attached hydrogen (secondary N) is 1. The zero-order valence-electron chi connectivity index (χ0n) is 14.3. The summed E-state index contributed by atoms with van der Waals surface area (Å²) in [5, 5.41) is 14.0. The Morgan fingerprint density at radius 3 is 2.69 bits per heavy atom. The number of hydrogen-bond acceptors (Lipinski definition) is 5. The second-order valence-electron chi connectivity index (χ2n) is 5.51. The summed E-state index contributed by atoms with van der Waals surface area (Å²) < 4.78 is 7.73. The molecule has 26 heavy (non-hydrogen) atoms. The van der Waals surface area contributed by atoms with E-state index in [2.05, 4.69) is 26.2 Å². The van der Waals surface area contributed by atoms with E-state index < -0.39 is 5.97 Å². The van der Waals surface area contributed by atoms with E-state index in [0.29, 0.717) is 22.0 Å². The van der Waals surface area contributed by atoms with Crippen molar-refractivity contribution in [3.8, 4) is 5.75 Å². The maximum Gasteiger partial charge on any atom is 0.340 e. The summed E-state index contributed by atoms with van der Waals surface area (Å²) in [5.74, 6) is -0.321. The van der Waals surface area contributed by atoms with Gasteiger partial charge in [0.25, 0.3) is 0 Å². The van der Waals surface area contributed by atoms with E-state index in [1.54, 1.807) is 31.5 Å². The molecule has 0 aliphatic rings. The zero-order valence-corrected chi connectivity index (χ0v) is 16.6. The van der Waals surface area contributed by atoms with Gasteiger partial charge >= 0.3 is 5.97 Å². The fourth-order valence-corrected chi connectivity index (χ4v) is 3.12. The van der Waals surface area contributed by atoms with Gasteiger partial charge in [-0.3, -0.25) is 4.98 Å². The number of benzene rings is 1. The number of phenolic OH excluding ortho intramolecular Hbond substituents is 1. The highest BCUT2D eigenvalue weighted by Crippen LogP contribution is 2.34. The fourth-order valence-electron chi connectivity index (χ4n) is 2.79. The van der Waals surface area contributed by atoms with Gasteiger partial charge in [-0.05, 0) is 47.1 Å². The van der Waals surface area contributed by atoms with Crippen LogP contribution >= 0.6 is 15.9 Å². The lowest BCUT2D eigenvalue weighted by Crippen LogP contribution is -3.00. The first kappa shape index (κ1) is 20.1. The van der Waals surface area contributed by atoms with Crippen LogP contribution in [0.4, 0.5) is 5.69 Å². The number of carbonyl (C=O) groups excluding carboxylic acids is 1. The van der Waals surface area contributed by atoms with Crippen molar-refractivity contribution in [2.75, 3.05) is 11.9 Å². The fraction of sp³-hybridized carbons (Fsp3) is 0.222. The van der Waals surface area contributed by atoms with E-state index in [1.165, 1.54) is 0 Å². The lowest BCUT2D eigenvalue weighted by molar-refractivity contribution is -0.0000243. The van der Waals surface area contributed by atoms with Crippen LogP contribution in [0.5, 0.6) is 5.75 Å². The molecule has 3 rings (SSSR count). The van der Waals surface area contributed by atoms with Crippen molar-refractivity contribution in [3.05, 3.63) is 52.4 Å². The smallest absolute Gasteiger partial charge is 0.340 e. The monoisotopic (exact) mass is 438 g/mol. The van der Waals surface area contributed by atoms with Crippen LogP contribution in [0.1, 0.15) is 23.0 Å². The highest BCUT2D eigenvalue weighted by molar-refractivity contribution is 9.10. The van der Waals surface area contributed by atoms with Gasteiger partial charge < -0.3 is 32.1 Å². The Balaban J connectivity index is 0.00000243. The highest BCUT2D eigenvalue weighted by Gasteiger charge is 2.23. The van der Waals surface area contributed by atoms with E-state index in [1.807, 2.05) is 23.7 Å². The number of ether oxygens (including phenoxy) is 1. The molecule has 1 aromatic carbocycles. The quantitative estimate of drug-likeness (QED) is 0.576. The molecule has 6 nitrogen and oxygen atoms in total. The molecule has 0 saturated heterocycles. The minimum Gasteiger partial charge on any atom is -1.00 e. The molecule has 0 aliphatic heterocycles. The van der Waals surface area contributed by atoms with Crippen LogP contribution in [-0.4, -0.2) is 27.2 Å². The average molecular weight is 440 g/mol. The minimum absolute atomic E-state index is 0. The topological polar surface area (TPSA) is 76.4 Å². The van der Waals surface area contributed by atoms with Crippen molar-refractivity contribution >= 4 is 38.5 Å². The summed E-state index contributed by atoms with van der Waals surface area (Å²) in [6.07, 6.45) is 3.40. The van der Waals surface area contributed by atoms with Crippen molar-refractivity contribution in [2.24, 2.45) is 7.05 Å². The summed E-state index contributed by atoms with van der Waals surface area (Å²) in [5.41, 5.74) is 2.98. The number of carbonyl (C=O) groups is 1. The summed E-state index contributed by atoms with van der Waals surface area (Å²) in [7, 11) is 1.89. The molecule has 0 bridgehead atoms. The number of halogens is 2. The second-order valence-corrected chi connectivity index (χ2v) is 6.37. The molecule has 0 saturated carbocycles. The van der Waals surface area contributed by atoms with Crippen LogP contribution < -0.4 is 17.7 Å². The number of pyridine rings is 1. The number of fused-ring (bicyclic) bond motifs is 1. The van der Waals surface area contributed by atoms with Crippen LogP contribution in [-0.2, 0) is 18.3 Å². The largest absolute Gasteiger partial charge is 1.00 e. The van der Waals surface area contributed by atoms with Gasteiger partial charge in [-0.1, -0.05) is 0 Å². The molecule has 0 atom stereocenters. The number of anilines is 1. The first-order chi connectivity index (χ1) is 12.0. The van der Waals surface area contributed by atoms with Gasteiger partial charge in [0, 0.05) is 30.5 Å². The third-order valence-electron chi connectivity index (χ3n) is 4.01. The Morgan fingerprint density at radius 2 is 2.04 bits per heavy atom. The Kier molecular flexibility index (Phi) is 6.50.